The van der Waals surface area contributed by atoms with Crippen LogP contribution >= 0.6 is 0 Å². The standard InChI is InChI=1S/C26H38N2O3/c1-25(2,3)21-14-12-20(13-15-21)17-27-18-23(29)22(16-19-10-8-7-9-11-19)28-24(30)31-26(4,5)6/h7-15,22-23,27,29H,16-18H2,1-6H3,(H,28,30)/t22-,23-/m0/s1. The van der Waals surface area contributed by atoms with Crippen molar-refractivity contribution in [2.45, 2.75) is 77.7 Å². The number of hydrogen-bond acceptors (Lipinski definition) is 4. The molecule has 0 aliphatic rings. The smallest absolute Gasteiger partial charge is 0.407 e. The van der Waals surface area contributed by atoms with Gasteiger partial charge in [-0.15, -0.1) is 0 Å². The minimum absolute atomic E-state index is 0.125. The molecule has 0 aromatic heterocycles. The molecule has 2 aromatic carbocycles. The Kier molecular flexibility index (Phi) is 8.66. The lowest BCUT2D eigenvalue weighted by Gasteiger charge is -2.27. The number of nitrogens with one attached hydrogen (secondary N) is 2. The summed E-state index contributed by atoms with van der Waals surface area (Å²) in [5.74, 6) is 0. The second kappa shape index (κ2) is 10.8. The Morgan fingerprint density at radius 3 is 2.10 bits per heavy atom. The predicted molar refractivity (Wildman–Crippen MR) is 126 cm³/mol. The van der Waals surface area contributed by atoms with E-state index in [1.165, 1.54) is 5.56 Å². The molecule has 5 heteroatoms. The highest BCUT2D eigenvalue weighted by molar-refractivity contribution is 5.68. The predicted octanol–water partition coefficient (Wildman–Crippen LogP) is 4.57. The van der Waals surface area contributed by atoms with E-state index in [4.69, 9.17) is 4.74 Å². The summed E-state index contributed by atoms with van der Waals surface area (Å²) >= 11 is 0. The summed E-state index contributed by atoms with van der Waals surface area (Å²) in [6.07, 6.45) is -0.768. The Morgan fingerprint density at radius 1 is 0.935 bits per heavy atom. The molecule has 0 aliphatic carbocycles. The molecule has 0 saturated heterocycles. The summed E-state index contributed by atoms with van der Waals surface area (Å²) in [6.45, 7) is 13.1. The maximum atomic E-state index is 12.3. The van der Waals surface area contributed by atoms with Gasteiger partial charge in [-0.1, -0.05) is 75.4 Å². The monoisotopic (exact) mass is 426 g/mol. The number of carbonyl (C=O) groups excluding carboxylic acids is 1. The molecule has 0 unspecified atom stereocenters. The van der Waals surface area contributed by atoms with Crippen molar-refractivity contribution in [1.82, 2.24) is 10.6 Å². The molecular weight excluding hydrogens is 388 g/mol. The van der Waals surface area contributed by atoms with Gasteiger partial charge in [0.05, 0.1) is 12.1 Å². The Hall–Kier alpha value is -2.37. The Bertz CT molecular complexity index is 805. The second-order valence-electron chi connectivity index (χ2n) is 10.1. The third-order valence-corrected chi connectivity index (χ3v) is 4.97. The normalized spacial score (nSPS) is 14.0. The van der Waals surface area contributed by atoms with Gasteiger partial charge in [0.1, 0.15) is 5.60 Å². The molecule has 0 aliphatic heterocycles. The number of aliphatic hydroxyl groups excluding tert-OH is 1. The summed E-state index contributed by atoms with van der Waals surface area (Å²) in [7, 11) is 0. The van der Waals surface area contributed by atoms with Gasteiger partial charge in [0.25, 0.3) is 0 Å². The minimum atomic E-state index is -0.762. The molecule has 2 atom stereocenters. The van der Waals surface area contributed by atoms with Crippen LogP contribution in [0, 0.1) is 0 Å². The highest BCUT2D eigenvalue weighted by Crippen LogP contribution is 2.22. The quantitative estimate of drug-likeness (QED) is 0.578. The van der Waals surface area contributed by atoms with Crippen molar-refractivity contribution in [1.29, 1.82) is 0 Å². The maximum absolute atomic E-state index is 12.3. The summed E-state index contributed by atoms with van der Waals surface area (Å²) in [5, 5.41) is 17.0. The molecule has 0 radical (unpaired) electrons. The fourth-order valence-electron chi connectivity index (χ4n) is 3.24. The van der Waals surface area contributed by atoms with Crippen LogP contribution in [0.2, 0.25) is 0 Å². The topological polar surface area (TPSA) is 70.6 Å². The number of amides is 1. The van der Waals surface area contributed by atoms with Crippen LogP contribution in [-0.2, 0) is 23.1 Å². The lowest BCUT2D eigenvalue weighted by molar-refractivity contribution is 0.0422. The van der Waals surface area contributed by atoms with Crippen LogP contribution in [0.1, 0.15) is 58.2 Å². The van der Waals surface area contributed by atoms with Gasteiger partial charge < -0.3 is 20.5 Å². The zero-order valence-corrected chi connectivity index (χ0v) is 19.7. The van der Waals surface area contributed by atoms with Crippen molar-refractivity contribution in [3.63, 3.8) is 0 Å². The van der Waals surface area contributed by atoms with Gasteiger partial charge in [-0.2, -0.15) is 0 Å². The third-order valence-electron chi connectivity index (χ3n) is 4.97. The fraction of sp³-hybridized carbons (Fsp3) is 0.500. The van der Waals surface area contributed by atoms with Gasteiger partial charge in [0.15, 0.2) is 0 Å². The van der Waals surface area contributed by atoms with Gasteiger partial charge in [-0.25, -0.2) is 4.79 Å². The average Bonchev–Trinajstić information content (AvgIpc) is 2.66. The first kappa shape index (κ1) is 24.9. The third kappa shape index (κ3) is 9.11. The first-order chi connectivity index (χ1) is 14.4. The Labute approximate surface area is 187 Å². The highest BCUT2D eigenvalue weighted by Gasteiger charge is 2.25. The van der Waals surface area contributed by atoms with Crippen LogP contribution in [0.3, 0.4) is 0 Å². The maximum Gasteiger partial charge on any atom is 0.407 e. The largest absolute Gasteiger partial charge is 0.444 e. The van der Waals surface area contributed by atoms with Crippen molar-refractivity contribution in [2.75, 3.05) is 6.54 Å². The van der Waals surface area contributed by atoms with Crippen molar-refractivity contribution in [3.05, 3.63) is 71.3 Å². The summed E-state index contributed by atoms with van der Waals surface area (Å²) in [4.78, 5) is 12.3. The number of alkyl carbamates (subject to hydrolysis) is 1. The highest BCUT2D eigenvalue weighted by atomic mass is 16.6. The zero-order chi connectivity index (χ0) is 23.1. The number of aliphatic hydroxyl groups is 1. The molecular formula is C26H38N2O3. The molecule has 170 valence electrons. The molecule has 0 bridgehead atoms. The molecule has 3 N–H and O–H groups in total. The van der Waals surface area contributed by atoms with Gasteiger partial charge in [-0.3, -0.25) is 0 Å². The van der Waals surface area contributed by atoms with Gasteiger partial charge in [0, 0.05) is 13.1 Å². The first-order valence-corrected chi connectivity index (χ1v) is 11.0. The lowest BCUT2D eigenvalue weighted by atomic mass is 9.87. The van der Waals surface area contributed by atoms with Crippen LogP contribution in [0.25, 0.3) is 0 Å². The molecule has 2 aromatic rings. The van der Waals surface area contributed by atoms with Crippen LogP contribution in [0.5, 0.6) is 0 Å². The summed E-state index contributed by atoms with van der Waals surface area (Å²) in [5.41, 5.74) is 3.02. The number of rotatable bonds is 8. The second-order valence-corrected chi connectivity index (χ2v) is 10.1. The zero-order valence-electron chi connectivity index (χ0n) is 19.7. The van der Waals surface area contributed by atoms with Crippen molar-refractivity contribution in [2.24, 2.45) is 0 Å². The number of ether oxygens (including phenoxy) is 1. The summed E-state index contributed by atoms with van der Waals surface area (Å²) < 4.78 is 5.39. The average molecular weight is 427 g/mol. The molecule has 0 saturated carbocycles. The van der Waals surface area contributed by atoms with E-state index in [2.05, 4.69) is 55.7 Å². The molecule has 0 spiro atoms. The van der Waals surface area contributed by atoms with Crippen LogP contribution in [-0.4, -0.2) is 35.5 Å². The molecule has 2 rings (SSSR count). The molecule has 0 fully saturated rings. The fourth-order valence-corrected chi connectivity index (χ4v) is 3.24. The molecule has 0 heterocycles. The van der Waals surface area contributed by atoms with E-state index in [0.717, 1.165) is 11.1 Å². The SMILES string of the molecule is CC(C)(C)OC(=O)N[C@@H](Cc1ccccc1)[C@@H](O)CNCc1ccc(C(C)(C)C)cc1. The van der Waals surface area contributed by atoms with E-state index in [9.17, 15) is 9.90 Å². The Balaban J connectivity index is 1.96. The Morgan fingerprint density at radius 2 is 1.55 bits per heavy atom. The molecule has 31 heavy (non-hydrogen) atoms. The van der Waals surface area contributed by atoms with Crippen molar-refractivity contribution in [3.8, 4) is 0 Å². The lowest BCUT2D eigenvalue weighted by Crippen LogP contribution is -2.49. The minimum Gasteiger partial charge on any atom is -0.444 e. The van der Waals surface area contributed by atoms with E-state index in [1.807, 2.05) is 51.1 Å². The van der Waals surface area contributed by atoms with E-state index in [1.54, 1.807) is 0 Å². The van der Waals surface area contributed by atoms with Crippen LogP contribution in [0.15, 0.2) is 54.6 Å². The van der Waals surface area contributed by atoms with Crippen LogP contribution < -0.4 is 10.6 Å². The van der Waals surface area contributed by atoms with Crippen molar-refractivity contribution >= 4 is 6.09 Å². The van der Waals surface area contributed by atoms with E-state index >= 15 is 0 Å². The van der Waals surface area contributed by atoms with Gasteiger partial charge >= 0.3 is 6.09 Å². The molecule has 1 amide bonds. The van der Waals surface area contributed by atoms with Gasteiger partial charge in [-0.05, 0) is 49.3 Å². The van der Waals surface area contributed by atoms with E-state index < -0.39 is 23.8 Å². The van der Waals surface area contributed by atoms with Gasteiger partial charge in [0.2, 0.25) is 0 Å². The van der Waals surface area contributed by atoms with Crippen molar-refractivity contribution < 1.29 is 14.6 Å². The van der Waals surface area contributed by atoms with E-state index in [-0.39, 0.29) is 5.41 Å². The first-order valence-electron chi connectivity index (χ1n) is 11.0. The number of benzene rings is 2. The summed E-state index contributed by atoms with van der Waals surface area (Å²) in [6, 6.07) is 17.9. The number of hydrogen-bond donors (Lipinski definition) is 3. The molecule has 5 nitrogen and oxygen atoms in total. The van der Waals surface area contributed by atoms with E-state index in [0.29, 0.717) is 19.5 Å². The number of carbonyl (C=O) groups is 1. The van der Waals surface area contributed by atoms with Crippen LogP contribution in [0.4, 0.5) is 4.79 Å².